The maximum absolute atomic E-state index is 8.77. The maximum atomic E-state index is 8.77. The molecule has 0 spiro atoms. The fraction of sp³-hybridized carbons (Fsp3) is 0.105. The number of nitriles is 1. The Morgan fingerprint density at radius 1 is 1.04 bits per heavy atom. The summed E-state index contributed by atoms with van der Waals surface area (Å²) in [7, 11) is 1.67. The minimum atomic E-state index is 0.292. The van der Waals surface area contributed by atoms with Crippen LogP contribution in [0.2, 0.25) is 0 Å². The Balaban J connectivity index is 1.84. The number of nitrogens with one attached hydrogen (secondary N) is 1. The first-order valence-corrected chi connectivity index (χ1v) is 7.50. The number of ether oxygens (including phenoxy) is 1. The van der Waals surface area contributed by atoms with Crippen LogP contribution in [0.1, 0.15) is 16.8 Å². The molecular formula is C19H16N4O. The lowest BCUT2D eigenvalue weighted by molar-refractivity contribution is 0.410. The van der Waals surface area contributed by atoms with E-state index in [9.17, 15) is 0 Å². The van der Waals surface area contributed by atoms with Crippen LogP contribution in [0.3, 0.4) is 0 Å². The molecule has 2 aromatic carbocycles. The van der Waals surface area contributed by atoms with E-state index in [1.165, 1.54) is 5.56 Å². The largest absolute Gasteiger partial charge is 0.496 e. The number of methoxy groups -OCH3 is 1. The molecule has 3 rings (SSSR count). The molecule has 0 radical (unpaired) electrons. The van der Waals surface area contributed by atoms with E-state index in [0.717, 1.165) is 23.4 Å². The van der Waals surface area contributed by atoms with Crippen LogP contribution in [0.15, 0.2) is 60.7 Å². The predicted octanol–water partition coefficient (Wildman–Crippen LogP) is 3.69. The molecule has 0 aliphatic rings. The highest BCUT2D eigenvalue weighted by Gasteiger charge is 2.07. The first-order chi connectivity index (χ1) is 11.8. The second-order valence-electron chi connectivity index (χ2n) is 5.23. The van der Waals surface area contributed by atoms with Crippen molar-refractivity contribution in [1.29, 1.82) is 5.26 Å². The van der Waals surface area contributed by atoms with Crippen molar-refractivity contribution in [2.75, 3.05) is 12.4 Å². The normalized spacial score (nSPS) is 10.0. The number of hydrogen-bond acceptors (Lipinski definition) is 5. The lowest BCUT2D eigenvalue weighted by Gasteiger charge is -2.12. The number of nitrogens with zero attached hydrogens (tertiary/aromatic N) is 3. The molecule has 1 heterocycles. The zero-order valence-electron chi connectivity index (χ0n) is 13.2. The topological polar surface area (TPSA) is 70.8 Å². The zero-order chi connectivity index (χ0) is 16.8. The second-order valence-corrected chi connectivity index (χ2v) is 5.23. The van der Waals surface area contributed by atoms with Crippen molar-refractivity contribution in [2.45, 2.75) is 6.42 Å². The summed E-state index contributed by atoms with van der Waals surface area (Å²) in [6.45, 7) is 0. The van der Waals surface area contributed by atoms with Gasteiger partial charge in [-0.2, -0.15) is 5.26 Å². The molecule has 3 aromatic rings. The third-order valence-electron chi connectivity index (χ3n) is 3.57. The molecule has 0 saturated carbocycles. The summed E-state index contributed by atoms with van der Waals surface area (Å²) >= 11 is 0. The van der Waals surface area contributed by atoms with Crippen molar-refractivity contribution in [3.05, 3.63) is 77.5 Å². The Morgan fingerprint density at radius 3 is 2.54 bits per heavy atom. The molecule has 0 amide bonds. The van der Waals surface area contributed by atoms with Crippen molar-refractivity contribution in [3.63, 3.8) is 0 Å². The minimum absolute atomic E-state index is 0.292. The third-order valence-corrected chi connectivity index (χ3v) is 3.57. The van der Waals surface area contributed by atoms with E-state index in [1.54, 1.807) is 19.2 Å². The number of rotatable bonds is 5. The van der Waals surface area contributed by atoms with Crippen molar-refractivity contribution in [3.8, 4) is 11.8 Å². The zero-order valence-corrected chi connectivity index (χ0v) is 13.2. The highest BCUT2D eigenvalue weighted by Crippen LogP contribution is 2.26. The van der Waals surface area contributed by atoms with Crippen LogP contribution < -0.4 is 10.1 Å². The van der Waals surface area contributed by atoms with Gasteiger partial charge in [0, 0.05) is 17.7 Å². The van der Waals surface area contributed by atoms with Gasteiger partial charge in [-0.25, -0.2) is 0 Å². The van der Waals surface area contributed by atoms with Gasteiger partial charge in [0.2, 0.25) is 0 Å². The van der Waals surface area contributed by atoms with Crippen molar-refractivity contribution in [2.24, 2.45) is 0 Å². The molecule has 5 nitrogen and oxygen atoms in total. The molecule has 0 aliphatic carbocycles. The van der Waals surface area contributed by atoms with Crippen LogP contribution in [0, 0.1) is 11.3 Å². The molecule has 0 bridgehead atoms. The second kappa shape index (κ2) is 7.25. The van der Waals surface area contributed by atoms with Gasteiger partial charge >= 0.3 is 0 Å². The Morgan fingerprint density at radius 2 is 1.88 bits per heavy atom. The molecular weight excluding hydrogens is 300 g/mol. The van der Waals surface area contributed by atoms with Gasteiger partial charge in [0.1, 0.15) is 11.8 Å². The molecule has 24 heavy (non-hydrogen) atoms. The summed E-state index contributed by atoms with van der Waals surface area (Å²) in [5, 5.41) is 19.8. The van der Waals surface area contributed by atoms with Crippen LogP contribution in [0.25, 0.3) is 0 Å². The van der Waals surface area contributed by atoms with Gasteiger partial charge in [-0.3, -0.25) is 0 Å². The van der Waals surface area contributed by atoms with E-state index < -0.39 is 0 Å². The number of aromatic nitrogens is 2. The van der Waals surface area contributed by atoms with E-state index in [2.05, 4.69) is 27.6 Å². The fourth-order valence-corrected chi connectivity index (χ4v) is 2.42. The molecule has 0 saturated heterocycles. The van der Waals surface area contributed by atoms with Gasteiger partial charge in [0.25, 0.3) is 0 Å². The number of benzene rings is 2. The highest BCUT2D eigenvalue weighted by atomic mass is 16.5. The fourth-order valence-electron chi connectivity index (χ4n) is 2.42. The minimum Gasteiger partial charge on any atom is -0.496 e. The molecule has 0 fully saturated rings. The maximum Gasteiger partial charge on any atom is 0.163 e. The molecule has 0 atom stereocenters. The Kier molecular flexibility index (Phi) is 4.68. The van der Waals surface area contributed by atoms with E-state index >= 15 is 0 Å². The highest BCUT2D eigenvalue weighted by molar-refractivity contribution is 5.59. The third kappa shape index (κ3) is 3.68. The Bertz CT molecular complexity index is 855. The van der Waals surface area contributed by atoms with Crippen LogP contribution in [0.4, 0.5) is 11.5 Å². The summed E-state index contributed by atoms with van der Waals surface area (Å²) < 4.78 is 5.46. The molecule has 0 aliphatic heterocycles. The molecule has 1 N–H and O–H groups in total. The van der Waals surface area contributed by atoms with Gasteiger partial charge < -0.3 is 10.1 Å². The molecule has 1 aromatic heterocycles. The predicted molar refractivity (Wildman–Crippen MR) is 92.3 cm³/mol. The average molecular weight is 316 g/mol. The van der Waals surface area contributed by atoms with E-state index in [-0.39, 0.29) is 0 Å². The van der Waals surface area contributed by atoms with Gasteiger partial charge in [0.15, 0.2) is 11.5 Å². The van der Waals surface area contributed by atoms with E-state index in [0.29, 0.717) is 11.5 Å². The van der Waals surface area contributed by atoms with Crippen molar-refractivity contribution >= 4 is 11.5 Å². The average Bonchev–Trinajstić information content (AvgIpc) is 2.63. The number of hydrogen-bond donors (Lipinski definition) is 1. The van der Waals surface area contributed by atoms with Gasteiger partial charge in [-0.15, -0.1) is 10.2 Å². The van der Waals surface area contributed by atoms with Crippen LogP contribution >= 0.6 is 0 Å². The van der Waals surface area contributed by atoms with Gasteiger partial charge in [-0.05, 0) is 35.9 Å². The van der Waals surface area contributed by atoms with Crippen LogP contribution in [0.5, 0.6) is 5.75 Å². The summed E-state index contributed by atoms with van der Waals surface area (Å²) in [5.41, 5.74) is 3.47. The lowest BCUT2D eigenvalue weighted by Crippen LogP contribution is -1.99. The summed E-state index contributed by atoms with van der Waals surface area (Å²) in [5.74, 6) is 1.43. The Labute approximate surface area is 140 Å². The number of anilines is 2. The molecule has 0 unspecified atom stereocenters. The first kappa shape index (κ1) is 15.5. The van der Waals surface area contributed by atoms with Crippen molar-refractivity contribution < 1.29 is 4.74 Å². The first-order valence-electron chi connectivity index (χ1n) is 7.50. The summed E-state index contributed by atoms with van der Waals surface area (Å²) in [6.07, 6.45) is 0.776. The summed E-state index contributed by atoms with van der Waals surface area (Å²) in [6, 6.07) is 21.4. The van der Waals surface area contributed by atoms with Gasteiger partial charge in [-0.1, -0.05) is 30.3 Å². The lowest BCUT2D eigenvalue weighted by atomic mass is 10.0. The molecule has 5 heteroatoms. The SMILES string of the molecule is COc1ccc(Nc2ccc(C#N)nn2)cc1Cc1ccccc1. The molecule has 118 valence electrons. The van der Waals surface area contributed by atoms with E-state index in [4.69, 9.17) is 10.00 Å². The van der Waals surface area contributed by atoms with E-state index in [1.807, 2.05) is 42.5 Å². The van der Waals surface area contributed by atoms with Crippen LogP contribution in [-0.4, -0.2) is 17.3 Å². The van der Waals surface area contributed by atoms with Crippen molar-refractivity contribution in [1.82, 2.24) is 10.2 Å². The quantitative estimate of drug-likeness (QED) is 0.777. The summed E-state index contributed by atoms with van der Waals surface area (Å²) in [4.78, 5) is 0. The monoisotopic (exact) mass is 316 g/mol. The van der Waals surface area contributed by atoms with Crippen LogP contribution in [-0.2, 0) is 6.42 Å². The standard InChI is InChI=1S/C19H16N4O/c1-24-18-9-7-16(21-19-10-8-17(13-20)22-23-19)12-15(18)11-14-5-3-2-4-6-14/h2-10,12H,11H2,1H3,(H,21,23). The van der Waals surface area contributed by atoms with Gasteiger partial charge in [0.05, 0.1) is 7.11 Å². The smallest absolute Gasteiger partial charge is 0.163 e. The Hall–Kier alpha value is -3.39.